The number of nitrogens with one attached hydrogen (secondary N) is 1. The highest BCUT2D eigenvalue weighted by Crippen LogP contribution is 2.37. The molecule has 28 heavy (non-hydrogen) atoms. The maximum atomic E-state index is 12.9. The Morgan fingerprint density at radius 3 is 2.89 bits per heavy atom. The molecule has 3 aromatic rings. The van der Waals surface area contributed by atoms with Gasteiger partial charge in [-0.3, -0.25) is 4.79 Å². The lowest BCUT2D eigenvalue weighted by Gasteiger charge is -2.18. The van der Waals surface area contributed by atoms with Crippen LogP contribution in [0.3, 0.4) is 0 Å². The minimum absolute atomic E-state index is 0.0372. The molecule has 0 bridgehead atoms. The molecule has 1 atom stereocenters. The summed E-state index contributed by atoms with van der Waals surface area (Å²) in [7, 11) is 0. The number of halogens is 1. The molecule has 1 unspecified atom stereocenters. The third kappa shape index (κ3) is 2.96. The van der Waals surface area contributed by atoms with Crippen molar-refractivity contribution < 1.29 is 18.7 Å². The molecule has 5 rings (SSSR count). The lowest BCUT2D eigenvalue weighted by Crippen LogP contribution is -2.27. The van der Waals surface area contributed by atoms with E-state index in [1.807, 2.05) is 30.3 Å². The Kier molecular flexibility index (Phi) is 4.31. The van der Waals surface area contributed by atoms with Crippen LogP contribution in [0.15, 0.2) is 51.7 Å². The minimum atomic E-state index is -0.253. The molecule has 1 amide bonds. The topological polar surface area (TPSA) is 73.6 Å². The van der Waals surface area contributed by atoms with Crippen LogP contribution in [-0.2, 0) is 6.42 Å². The minimum Gasteiger partial charge on any atom is -0.486 e. The predicted molar refractivity (Wildman–Crippen MR) is 106 cm³/mol. The van der Waals surface area contributed by atoms with Crippen LogP contribution in [-0.4, -0.2) is 24.1 Å². The van der Waals surface area contributed by atoms with Gasteiger partial charge >= 0.3 is 0 Å². The molecule has 0 spiro atoms. The van der Waals surface area contributed by atoms with Gasteiger partial charge in [0, 0.05) is 10.0 Å². The SMILES string of the molecule is O=C(NC1CCc2c(Br)cccc21)c1ncoc1-c1ccc2c(c1)OCCO2. The van der Waals surface area contributed by atoms with Gasteiger partial charge in [0.2, 0.25) is 0 Å². The molecule has 1 aromatic heterocycles. The summed E-state index contributed by atoms with van der Waals surface area (Å²) in [5.74, 6) is 1.49. The Labute approximate surface area is 170 Å². The van der Waals surface area contributed by atoms with Gasteiger partial charge in [-0.1, -0.05) is 28.1 Å². The normalized spacial score (nSPS) is 17.2. The standard InChI is InChI=1S/C21H17BrN2O4/c22-15-3-1-2-14-13(15)5-6-16(14)24-21(25)19-20(28-11-23-19)12-4-7-17-18(10-12)27-9-8-26-17/h1-4,7,10-11,16H,5-6,8-9H2,(H,24,25). The number of hydrogen-bond donors (Lipinski definition) is 1. The second-order valence-electron chi connectivity index (χ2n) is 6.76. The van der Waals surface area contributed by atoms with Crippen LogP contribution in [0, 0.1) is 0 Å². The van der Waals surface area contributed by atoms with E-state index in [9.17, 15) is 4.79 Å². The van der Waals surface area contributed by atoms with Crippen LogP contribution < -0.4 is 14.8 Å². The number of benzene rings is 2. The van der Waals surface area contributed by atoms with Crippen molar-refractivity contribution in [2.24, 2.45) is 0 Å². The van der Waals surface area contributed by atoms with Gasteiger partial charge in [-0.25, -0.2) is 4.98 Å². The first-order valence-electron chi connectivity index (χ1n) is 9.12. The fraction of sp³-hybridized carbons (Fsp3) is 0.238. The molecule has 6 nitrogen and oxygen atoms in total. The molecule has 1 N–H and O–H groups in total. The van der Waals surface area contributed by atoms with Crippen molar-refractivity contribution in [1.29, 1.82) is 0 Å². The van der Waals surface area contributed by atoms with Gasteiger partial charge in [0.1, 0.15) is 13.2 Å². The number of carbonyl (C=O) groups is 1. The van der Waals surface area contributed by atoms with Crippen LogP contribution in [0.25, 0.3) is 11.3 Å². The quantitative estimate of drug-likeness (QED) is 0.657. The summed E-state index contributed by atoms with van der Waals surface area (Å²) in [6, 6.07) is 11.5. The molecule has 2 aliphatic rings. The van der Waals surface area contributed by atoms with Crippen molar-refractivity contribution >= 4 is 21.8 Å². The van der Waals surface area contributed by atoms with Crippen LogP contribution in [0.4, 0.5) is 0 Å². The highest BCUT2D eigenvalue weighted by molar-refractivity contribution is 9.10. The predicted octanol–water partition coefficient (Wildman–Crippen LogP) is 4.29. The van der Waals surface area contributed by atoms with Crippen molar-refractivity contribution in [1.82, 2.24) is 10.3 Å². The van der Waals surface area contributed by atoms with Gasteiger partial charge in [0.25, 0.3) is 5.91 Å². The Morgan fingerprint density at radius 2 is 2.00 bits per heavy atom. The molecular weight excluding hydrogens is 424 g/mol. The zero-order valence-corrected chi connectivity index (χ0v) is 16.5. The summed E-state index contributed by atoms with van der Waals surface area (Å²) in [6.45, 7) is 1.03. The smallest absolute Gasteiger partial charge is 0.274 e. The van der Waals surface area contributed by atoms with Crippen molar-refractivity contribution in [3.63, 3.8) is 0 Å². The monoisotopic (exact) mass is 440 g/mol. The first-order valence-corrected chi connectivity index (χ1v) is 9.91. The Hall–Kier alpha value is -2.80. The maximum Gasteiger partial charge on any atom is 0.274 e. The average Bonchev–Trinajstić information content (AvgIpc) is 3.36. The highest BCUT2D eigenvalue weighted by Gasteiger charge is 2.28. The van der Waals surface area contributed by atoms with Crippen molar-refractivity contribution in [3.8, 4) is 22.8 Å². The number of ether oxygens (including phenoxy) is 2. The Morgan fingerprint density at radius 1 is 1.14 bits per heavy atom. The van der Waals surface area contributed by atoms with Crippen LogP contribution >= 0.6 is 15.9 Å². The van der Waals surface area contributed by atoms with Gasteiger partial charge in [-0.05, 0) is 48.2 Å². The van der Waals surface area contributed by atoms with Crippen molar-refractivity contribution in [2.45, 2.75) is 18.9 Å². The Balaban J connectivity index is 1.41. The number of rotatable bonds is 3. The maximum absolute atomic E-state index is 12.9. The van der Waals surface area contributed by atoms with Crippen LogP contribution in [0.5, 0.6) is 11.5 Å². The first kappa shape index (κ1) is 17.3. The summed E-state index contributed by atoms with van der Waals surface area (Å²) < 4.78 is 17.8. The van der Waals surface area contributed by atoms with Crippen molar-refractivity contribution in [3.05, 3.63) is 64.1 Å². The molecule has 0 radical (unpaired) electrons. The second kappa shape index (κ2) is 6.98. The second-order valence-corrected chi connectivity index (χ2v) is 7.62. The first-order chi connectivity index (χ1) is 13.7. The number of carbonyl (C=O) groups excluding carboxylic acids is 1. The number of fused-ring (bicyclic) bond motifs is 2. The van der Waals surface area contributed by atoms with E-state index in [-0.39, 0.29) is 17.6 Å². The summed E-state index contributed by atoms with van der Waals surface area (Å²) in [5, 5.41) is 3.10. The van der Waals surface area contributed by atoms with E-state index in [4.69, 9.17) is 13.9 Å². The van der Waals surface area contributed by atoms with E-state index < -0.39 is 0 Å². The van der Waals surface area contributed by atoms with Gasteiger partial charge in [-0.15, -0.1) is 0 Å². The number of oxazole rings is 1. The average molecular weight is 441 g/mol. The van der Waals surface area contributed by atoms with E-state index in [1.54, 1.807) is 0 Å². The molecule has 142 valence electrons. The van der Waals surface area contributed by atoms with E-state index in [0.717, 1.165) is 28.4 Å². The van der Waals surface area contributed by atoms with E-state index >= 15 is 0 Å². The number of aromatic nitrogens is 1. The van der Waals surface area contributed by atoms with Gasteiger partial charge in [0.15, 0.2) is 29.3 Å². The summed E-state index contributed by atoms with van der Waals surface area (Å²) in [4.78, 5) is 17.1. The van der Waals surface area contributed by atoms with Gasteiger partial charge in [-0.2, -0.15) is 0 Å². The molecule has 7 heteroatoms. The lowest BCUT2D eigenvalue weighted by molar-refractivity contribution is 0.0932. The summed E-state index contributed by atoms with van der Waals surface area (Å²) in [6.07, 6.45) is 3.08. The molecule has 0 saturated carbocycles. The van der Waals surface area contributed by atoms with E-state index in [0.29, 0.717) is 30.5 Å². The number of hydrogen-bond acceptors (Lipinski definition) is 5. The lowest BCUT2D eigenvalue weighted by atomic mass is 10.1. The molecule has 0 saturated heterocycles. The fourth-order valence-corrected chi connectivity index (χ4v) is 4.36. The van der Waals surface area contributed by atoms with Crippen LogP contribution in [0.2, 0.25) is 0 Å². The van der Waals surface area contributed by atoms with E-state index in [2.05, 4.69) is 32.3 Å². The molecule has 0 fully saturated rings. The largest absolute Gasteiger partial charge is 0.486 e. The zero-order valence-electron chi connectivity index (χ0n) is 14.9. The molecule has 2 aromatic carbocycles. The molecule has 1 aliphatic heterocycles. The number of amides is 1. The molecule has 1 aliphatic carbocycles. The zero-order chi connectivity index (χ0) is 19.1. The van der Waals surface area contributed by atoms with Crippen LogP contribution in [0.1, 0.15) is 34.1 Å². The third-order valence-corrected chi connectivity index (χ3v) is 5.85. The molecular formula is C21H17BrN2O4. The summed E-state index contributed by atoms with van der Waals surface area (Å²) in [5.41, 5.74) is 3.38. The molecule has 2 heterocycles. The fourth-order valence-electron chi connectivity index (χ4n) is 3.78. The summed E-state index contributed by atoms with van der Waals surface area (Å²) >= 11 is 3.59. The third-order valence-electron chi connectivity index (χ3n) is 5.11. The number of nitrogens with zero attached hydrogens (tertiary/aromatic N) is 1. The van der Waals surface area contributed by atoms with E-state index in [1.165, 1.54) is 12.0 Å². The van der Waals surface area contributed by atoms with Gasteiger partial charge in [0.05, 0.1) is 6.04 Å². The highest BCUT2D eigenvalue weighted by atomic mass is 79.9. The van der Waals surface area contributed by atoms with Crippen molar-refractivity contribution in [2.75, 3.05) is 13.2 Å². The Bertz CT molecular complexity index is 1060. The van der Waals surface area contributed by atoms with Gasteiger partial charge < -0.3 is 19.2 Å².